The number of hydrogen-bond donors (Lipinski definition) is 2. The van der Waals surface area contributed by atoms with E-state index in [-0.39, 0.29) is 17.7 Å². The van der Waals surface area contributed by atoms with Gasteiger partial charge in [0.25, 0.3) is 0 Å². The number of rotatable bonds is 4. The van der Waals surface area contributed by atoms with E-state index in [0.29, 0.717) is 0 Å². The third-order valence-corrected chi connectivity index (χ3v) is 11.1. The zero-order chi connectivity index (χ0) is 33.4. The zero-order valence-electron chi connectivity index (χ0n) is 28.3. The molecule has 242 valence electrons. The molecule has 0 amide bonds. The van der Waals surface area contributed by atoms with Crippen LogP contribution in [-0.2, 0) is 5.41 Å². The van der Waals surface area contributed by atoms with Crippen molar-refractivity contribution in [1.29, 1.82) is 0 Å². The summed E-state index contributed by atoms with van der Waals surface area (Å²) >= 11 is 0. The highest BCUT2D eigenvalue weighted by Gasteiger charge is 2.41. The van der Waals surface area contributed by atoms with Gasteiger partial charge in [-0.05, 0) is 82.0 Å². The maximum Gasteiger partial charge on any atom is 0.131 e. The van der Waals surface area contributed by atoms with E-state index in [0.717, 1.165) is 35.5 Å². The monoisotopic (exact) mass is 646 g/mol. The number of aromatic nitrogens is 1. The van der Waals surface area contributed by atoms with Crippen LogP contribution < -0.4 is 10.6 Å². The van der Waals surface area contributed by atoms with Crippen molar-refractivity contribution in [3.05, 3.63) is 179 Å². The number of fused-ring (bicyclic) bond motifs is 9. The fourth-order valence-corrected chi connectivity index (χ4v) is 8.88. The summed E-state index contributed by atoms with van der Waals surface area (Å²) in [5.41, 5.74) is 12.9. The lowest BCUT2D eigenvalue weighted by Crippen LogP contribution is -2.44. The van der Waals surface area contributed by atoms with Gasteiger partial charge in [0.2, 0.25) is 0 Å². The summed E-state index contributed by atoms with van der Waals surface area (Å²) in [4.78, 5) is 5.20. The number of amidine groups is 1. The Morgan fingerprint density at radius 2 is 1.36 bits per heavy atom. The third-order valence-electron chi connectivity index (χ3n) is 11.1. The summed E-state index contributed by atoms with van der Waals surface area (Å²) in [5, 5.41) is 12.8. The van der Waals surface area contributed by atoms with Crippen LogP contribution in [0.1, 0.15) is 66.8 Å². The highest BCUT2D eigenvalue weighted by atomic mass is 15.3. The summed E-state index contributed by atoms with van der Waals surface area (Å²) in [5.74, 6) is 0.885. The zero-order valence-corrected chi connectivity index (χ0v) is 28.3. The lowest BCUT2D eigenvalue weighted by atomic mass is 9.78. The smallest absolute Gasteiger partial charge is 0.131 e. The molecule has 0 radical (unpaired) electrons. The fourth-order valence-electron chi connectivity index (χ4n) is 8.88. The summed E-state index contributed by atoms with van der Waals surface area (Å²) in [6, 6.07) is 48.1. The first kappa shape index (κ1) is 29.2. The Morgan fingerprint density at radius 3 is 2.12 bits per heavy atom. The topological polar surface area (TPSA) is 41.4 Å². The molecule has 10 rings (SSSR count). The van der Waals surface area contributed by atoms with Gasteiger partial charge in [-0.1, -0.05) is 129 Å². The molecule has 1 aliphatic heterocycles. The predicted octanol–water partition coefficient (Wildman–Crippen LogP) is 10.7. The Kier molecular flexibility index (Phi) is 6.52. The quantitative estimate of drug-likeness (QED) is 0.200. The van der Waals surface area contributed by atoms with Crippen LogP contribution in [0.25, 0.3) is 43.8 Å². The lowest BCUT2D eigenvalue weighted by molar-refractivity contribution is 0.409. The van der Waals surface area contributed by atoms with Crippen molar-refractivity contribution in [2.45, 2.75) is 44.4 Å². The molecule has 2 atom stereocenters. The van der Waals surface area contributed by atoms with Crippen molar-refractivity contribution in [3.8, 4) is 5.69 Å². The Balaban J connectivity index is 1.16. The number of benzene rings is 6. The van der Waals surface area contributed by atoms with Crippen LogP contribution in [0, 0.1) is 0 Å². The van der Waals surface area contributed by atoms with Crippen molar-refractivity contribution < 1.29 is 0 Å². The molecule has 1 aromatic heterocycles. The van der Waals surface area contributed by atoms with Crippen molar-refractivity contribution >= 4 is 44.0 Å². The predicted molar refractivity (Wildman–Crippen MR) is 208 cm³/mol. The SMILES string of the molecule is CC1(C)C2=C(CCC=C2)c2c1c1ccccc1c1c2c2ccccc2n1-c1ccc(C2=NC(c3ccccc3)NC(c3ccccc3)N2)cc1. The van der Waals surface area contributed by atoms with Gasteiger partial charge in [0.15, 0.2) is 0 Å². The number of aliphatic imine (C=N–C) groups is 1. The minimum Gasteiger partial charge on any atom is -0.350 e. The lowest BCUT2D eigenvalue weighted by Gasteiger charge is -2.32. The molecule has 50 heavy (non-hydrogen) atoms. The first-order chi connectivity index (χ1) is 24.6. The average molecular weight is 647 g/mol. The average Bonchev–Trinajstić information content (AvgIpc) is 3.65. The molecular formula is C46H38N4. The highest BCUT2D eigenvalue weighted by molar-refractivity contribution is 6.25. The molecule has 2 aliphatic carbocycles. The number of nitrogens with one attached hydrogen (secondary N) is 2. The van der Waals surface area contributed by atoms with Crippen LogP contribution >= 0.6 is 0 Å². The van der Waals surface area contributed by atoms with Crippen molar-refractivity contribution in [3.63, 3.8) is 0 Å². The molecule has 0 saturated heterocycles. The standard InChI is InChI=1S/C46H38N4/c1-46(2)37-23-13-11-21-35(37)39-40-36-22-12-14-24-38(36)50(42(40)34-20-10-9-19-33(34)41(39)46)32-27-25-31(26-28-32)45-48-43(29-15-5-3-6-16-29)47-44(49-45)30-17-7-4-8-18-30/h3-10,12-20,22-28,43-44,47H,11,21H2,1-2H3,(H,48,49). The molecule has 2 N–H and O–H groups in total. The molecule has 2 heterocycles. The van der Waals surface area contributed by atoms with E-state index in [1.807, 2.05) is 0 Å². The van der Waals surface area contributed by atoms with Crippen molar-refractivity contribution in [1.82, 2.24) is 15.2 Å². The number of allylic oxidation sites excluding steroid dienone is 4. The molecule has 0 saturated carbocycles. The maximum atomic E-state index is 5.20. The van der Waals surface area contributed by atoms with Gasteiger partial charge >= 0.3 is 0 Å². The van der Waals surface area contributed by atoms with Crippen LogP contribution in [0.4, 0.5) is 0 Å². The second-order valence-electron chi connectivity index (χ2n) is 14.3. The second-order valence-corrected chi connectivity index (χ2v) is 14.3. The van der Waals surface area contributed by atoms with Crippen LogP contribution in [0.2, 0.25) is 0 Å². The van der Waals surface area contributed by atoms with Crippen molar-refractivity contribution in [2.24, 2.45) is 4.99 Å². The molecule has 0 bridgehead atoms. The normalized spacial score (nSPS) is 19.4. The van der Waals surface area contributed by atoms with Crippen molar-refractivity contribution in [2.75, 3.05) is 0 Å². The van der Waals surface area contributed by atoms with Crippen LogP contribution in [0.3, 0.4) is 0 Å². The Hall–Kier alpha value is -5.71. The second kappa shape index (κ2) is 11.2. The maximum absolute atomic E-state index is 5.20. The summed E-state index contributed by atoms with van der Waals surface area (Å²) in [7, 11) is 0. The van der Waals surface area contributed by atoms with E-state index in [1.165, 1.54) is 60.4 Å². The number of para-hydroxylation sites is 1. The van der Waals surface area contributed by atoms with Crippen LogP contribution in [0.5, 0.6) is 0 Å². The molecule has 2 unspecified atom stereocenters. The molecule has 7 aromatic rings. The van der Waals surface area contributed by atoms with Gasteiger partial charge in [-0.25, -0.2) is 4.99 Å². The van der Waals surface area contributed by atoms with Gasteiger partial charge < -0.3 is 9.88 Å². The molecule has 3 aliphatic rings. The van der Waals surface area contributed by atoms with E-state index in [9.17, 15) is 0 Å². The van der Waals surface area contributed by atoms with E-state index in [2.05, 4.69) is 175 Å². The van der Waals surface area contributed by atoms with E-state index < -0.39 is 0 Å². The minimum atomic E-state index is -0.166. The first-order valence-electron chi connectivity index (χ1n) is 17.8. The van der Waals surface area contributed by atoms with E-state index in [1.54, 1.807) is 0 Å². The van der Waals surface area contributed by atoms with Gasteiger partial charge in [0, 0.05) is 32.8 Å². The van der Waals surface area contributed by atoms with E-state index in [4.69, 9.17) is 4.99 Å². The first-order valence-corrected chi connectivity index (χ1v) is 17.8. The van der Waals surface area contributed by atoms with Gasteiger partial charge in [-0.15, -0.1) is 0 Å². The Morgan fingerprint density at radius 1 is 0.700 bits per heavy atom. The minimum absolute atomic E-state index is 0.0575. The van der Waals surface area contributed by atoms with Crippen LogP contribution in [0.15, 0.2) is 156 Å². The highest BCUT2D eigenvalue weighted by Crippen LogP contribution is 2.56. The Bertz CT molecular complexity index is 2550. The summed E-state index contributed by atoms with van der Waals surface area (Å²) < 4.78 is 2.50. The van der Waals surface area contributed by atoms with Gasteiger partial charge in [-0.2, -0.15) is 0 Å². The molecule has 4 heteroatoms. The van der Waals surface area contributed by atoms with E-state index >= 15 is 0 Å². The summed E-state index contributed by atoms with van der Waals surface area (Å²) in [6.45, 7) is 4.84. The molecule has 0 spiro atoms. The molecular weight excluding hydrogens is 609 g/mol. The van der Waals surface area contributed by atoms with Crippen LogP contribution in [-0.4, -0.2) is 10.4 Å². The fraction of sp³-hybridized carbons (Fsp3) is 0.152. The molecule has 6 aromatic carbocycles. The molecule has 0 fully saturated rings. The number of hydrogen-bond acceptors (Lipinski definition) is 3. The number of nitrogens with zero attached hydrogens (tertiary/aromatic N) is 2. The Labute approximate surface area is 292 Å². The largest absolute Gasteiger partial charge is 0.350 e. The molecule has 4 nitrogen and oxygen atoms in total. The van der Waals surface area contributed by atoms with Gasteiger partial charge in [0.1, 0.15) is 18.2 Å². The third kappa shape index (κ3) is 4.31. The van der Waals surface area contributed by atoms with Gasteiger partial charge in [0.05, 0.1) is 11.0 Å². The van der Waals surface area contributed by atoms with Gasteiger partial charge in [-0.3, -0.25) is 5.32 Å². The summed E-state index contributed by atoms with van der Waals surface area (Å²) in [6.07, 6.45) is 6.70.